The first kappa shape index (κ1) is 16.1. The lowest BCUT2D eigenvalue weighted by atomic mass is 9.86. The number of hydrogen-bond acceptors (Lipinski definition) is 3. The van der Waals surface area contributed by atoms with Crippen molar-refractivity contribution in [3.05, 3.63) is 53.1 Å². The minimum atomic E-state index is -0.783. The summed E-state index contributed by atoms with van der Waals surface area (Å²) in [6, 6.07) is 6.51. The second-order valence-electron chi connectivity index (χ2n) is 6.45. The third kappa shape index (κ3) is 2.35. The highest BCUT2D eigenvalue weighted by Gasteiger charge is 2.44. The molecule has 24 heavy (non-hydrogen) atoms. The molecule has 2 aromatic rings. The van der Waals surface area contributed by atoms with E-state index in [0.29, 0.717) is 11.1 Å². The molecule has 5 nitrogen and oxygen atoms in total. The molecule has 3 rings (SSSR count). The second-order valence-corrected chi connectivity index (χ2v) is 6.45. The van der Waals surface area contributed by atoms with Crippen molar-refractivity contribution in [3.8, 4) is 0 Å². The molecule has 1 aromatic heterocycles. The Morgan fingerprint density at radius 3 is 2.58 bits per heavy atom. The molecule has 2 heterocycles. The third-order valence-electron chi connectivity index (χ3n) is 4.39. The van der Waals surface area contributed by atoms with Crippen molar-refractivity contribution < 1.29 is 14.0 Å². The van der Waals surface area contributed by atoms with Gasteiger partial charge in [-0.2, -0.15) is 0 Å². The van der Waals surface area contributed by atoms with Crippen molar-refractivity contribution in [1.29, 1.82) is 0 Å². The summed E-state index contributed by atoms with van der Waals surface area (Å²) in [5.41, 5.74) is 1.21. The number of rotatable bonds is 2. The number of benzene rings is 1. The number of carbonyl (C=O) groups excluding carboxylic acids is 2. The molecule has 0 fully saturated rings. The summed E-state index contributed by atoms with van der Waals surface area (Å²) in [6.07, 6.45) is 1.44. The molecule has 0 radical (unpaired) electrons. The van der Waals surface area contributed by atoms with Crippen LogP contribution < -0.4 is 10.2 Å². The van der Waals surface area contributed by atoms with Crippen molar-refractivity contribution in [1.82, 2.24) is 4.98 Å². The van der Waals surface area contributed by atoms with Crippen LogP contribution in [-0.2, 0) is 10.2 Å². The van der Waals surface area contributed by atoms with Gasteiger partial charge in [-0.05, 0) is 44.5 Å². The topological polar surface area (TPSA) is 62.3 Å². The SMILES string of the molecule is Cc1ccc(C(=O)Nc2ccc3c(c2F)N(C)C(=O)C3(C)C)cn1. The lowest BCUT2D eigenvalue weighted by Crippen LogP contribution is -2.33. The van der Waals surface area contributed by atoms with Crippen LogP contribution in [0.3, 0.4) is 0 Å². The summed E-state index contributed by atoms with van der Waals surface area (Å²) in [6.45, 7) is 5.33. The van der Waals surface area contributed by atoms with Gasteiger partial charge in [-0.1, -0.05) is 6.07 Å². The van der Waals surface area contributed by atoms with E-state index in [1.807, 2.05) is 6.92 Å². The van der Waals surface area contributed by atoms with Crippen molar-refractivity contribution in [2.24, 2.45) is 0 Å². The zero-order valence-electron chi connectivity index (χ0n) is 14.0. The first-order valence-electron chi connectivity index (χ1n) is 7.58. The van der Waals surface area contributed by atoms with Gasteiger partial charge in [0.1, 0.15) is 0 Å². The molecular weight excluding hydrogens is 309 g/mol. The van der Waals surface area contributed by atoms with Crippen LogP contribution in [0.1, 0.15) is 35.5 Å². The monoisotopic (exact) mass is 327 g/mol. The zero-order valence-corrected chi connectivity index (χ0v) is 14.0. The molecule has 0 saturated heterocycles. The summed E-state index contributed by atoms with van der Waals surface area (Å²) in [5, 5.41) is 2.55. The molecule has 0 spiro atoms. The number of fused-ring (bicyclic) bond motifs is 1. The summed E-state index contributed by atoms with van der Waals surface area (Å²) in [5.74, 6) is -1.24. The number of amides is 2. The fourth-order valence-electron chi connectivity index (χ4n) is 2.93. The van der Waals surface area contributed by atoms with E-state index in [0.717, 1.165) is 5.69 Å². The van der Waals surface area contributed by atoms with Crippen LogP contribution in [0.2, 0.25) is 0 Å². The van der Waals surface area contributed by atoms with Crippen LogP contribution in [0.25, 0.3) is 0 Å². The molecule has 0 aliphatic carbocycles. The van der Waals surface area contributed by atoms with Gasteiger partial charge < -0.3 is 10.2 Å². The Bertz CT molecular complexity index is 844. The van der Waals surface area contributed by atoms with E-state index in [2.05, 4.69) is 10.3 Å². The summed E-state index contributed by atoms with van der Waals surface area (Å²) in [4.78, 5) is 29.9. The number of halogens is 1. The molecule has 124 valence electrons. The third-order valence-corrected chi connectivity index (χ3v) is 4.39. The molecule has 1 aromatic carbocycles. The predicted octanol–water partition coefficient (Wildman–Crippen LogP) is 3.04. The van der Waals surface area contributed by atoms with Crippen LogP contribution in [0.15, 0.2) is 30.5 Å². The fourth-order valence-corrected chi connectivity index (χ4v) is 2.93. The number of pyridine rings is 1. The van der Waals surface area contributed by atoms with E-state index in [1.54, 1.807) is 32.0 Å². The van der Waals surface area contributed by atoms with Gasteiger partial charge in [0, 0.05) is 18.9 Å². The first-order chi connectivity index (χ1) is 11.2. The number of aromatic nitrogens is 1. The number of likely N-dealkylation sites (N-methyl/N-ethyl adjacent to an activating group) is 1. The van der Waals surface area contributed by atoms with E-state index in [4.69, 9.17) is 0 Å². The lowest BCUT2D eigenvalue weighted by Gasteiger charge is -2.16. The molecule has 0 atom stereocenters. The molecular formula is C18H18FN3O2. The maximum Gasteiger partial charge on any atom is 0.257 e. The number of nitrogens with zero attached hydrogens (tertiary/aromatic N) is 2. The van der Waals surface area contributed by atoms with E-state index < -0.39 is 17.1 Å². The number of nitrogens with one attached hydrogen (secondary N) is 1. The van der Waals surface area contributed by atoms with E-state index >= 15 is 0 Å². The molecule has 0 unspecified atom stereocenters. The predicted molar refractivity (Wildman–Crippen MR) is 89.8 cm³/mol. The van der Waals surface area contributed by atoms with Crippen molar-refractivity contribution in [2.75, 3.05) is 17.3 Å². The fraction of sp³-hybridized carbons (Fsp3) is 0.278. The Morgan fingerprint density at radius 2 is 1.96 bits per heavy atom. The van der Waals surface area contributed by atoms with Crippen LogP contribution in [0, 0.1) is 12.7 Å². The van der Waals surface area contributed by atoms with E-state index in [1.165, 1.54) is 24.2 Å². The Morgan fingerprint density at radius 1 is 1.25 bits per heavy atom. The highest BCUT2D eigenvalue weighted by Crippen LogP contribution is 2.44. The Hall–Kier alpha value is -2.76. The standard InChI is InChI=1S/C18H18FN3O2/c1-10-5-6-11(9-20-10)16(23)21-13-8-7-12-15(14(13)19)22(4)17(24)18(12,2)3/h5-9H,1-4H3,(H,21,23). The van der Waals surface area contributed by atoms with Crippen molar-refractivity contribution in [2.45, 2.75) is 26.2 Å². The summed E-state index contributed by atoms with van der Waals surface area (Å²) < 4.78 is 14.9. The Kier molecular flexibility index (Phi) is 3.63. The summed E-state index contributed by atoms with van der Waals surface area (Å²) in [7, 11) is 1.54. The van der Waals surface area contributed by atoms with Crippen LogP contribution in [-0.4, -0.2) is 23.8 Å². The van der Waals surface area contributed by atoms with Gasteiger partial charge >= 0.3 is 0 Å². The lowest BCUT2D eigenvalue weighted by molar-refractivity contribution is -0.121. The van der Waals surface area contributed by atoms with Crippen LogP contribution in [0.4, 0.5) is 15.8 Å². The van der Waals surface area contributed by atoms with Crippen molar-refractivity contribution >= 4 is 23.2 Å². The van der Waals surface area contributed by atoms with Crippen LogP contribution >= 0.6 is 0 Å². The molecule has 0 saturated carbocycles. The summed E-state index contributed by atoms with van der Waals surface area (Å²) >= 11 is 0. The second kappa shape index (κ2) is 5.40. The smallest absolute Gasteiger partial charge is 0.257 e. The average Bonchev–Trinajstić information content (AvgIpc) is 2.71. The van der Waals surface area contributed by atoms with Gasteiger partial charge in [-0.15, -0.1) is 0 Å². The van der Waals surface area contributed by atoms with Crippen LogP contribution in [0.5, 0.6) is 0 Å². The van der Waals surface area contributed by atoms with E-state index in [9.17, 15) is 14.0 Å². The quantitative estimate of drug-likeness (QED) is 0.922. The maximum absolute atomic E-state index is 14.9. The molecule has 1 aliphatic rings. The zero-order chi connectivity index (χ0) is 17.6. The van der Waals surface area contributed by atoms with Gasteiger partial charge in [-0.25, -0.2) is 4.39 Å². The Balaban J connectivity index is 1.96. The highest BCUT2D eigenvalue weighted by atomic mass is 19.1. The number of hydrogen-bond donors (Lipinski definition) is 1. The van der Waals surface area contributed by atoms with Gasteiger partial charge in [0.05, 0.1) is 22.4 Å². The van der Waals surface area contributed by atoms with E-state index in [-0.39, 0.29) is 17.3 Å². The van der Waals surface area contributed by atoms with Gasteiger partial charge in [0.15, 0.2) is 5.82 Å². The maximum atomic E-state index is 14.9. The van der Waals surface area contributed by atoms with Crippen molar-refractivity contribution in [3.63, 3.8) is 0 Å². The van der Waals surface area contributed by atoms with Gasteiger partial charge in [0.25, 0.3) is 5.91 Å². The highest BCUT2D eigenvalue weighted by molar-refractivity contribution is 6.09. The largest absolute Gasteiger partial charge is 0.319 e. The molecule has 1 aliphatic heterocycles. The first-order valence-corrected chi connectivity index (χ1v) is 7.58. The van der Waals surface area contributed by atoms with Gasteiger partial charge in [-0.3, -0.25) is 14.6 Å². The Labute approximate surface area is 139 Å². The number of carbonyl (C=O) groups is 2. The molecule has 1 N–H and O–H groups in total. The minimum absolute atomic E-state index is 0.0386. The molecule has 6 heteroatoms. The molecule has 0 bridgehead atoms. The molecule has 2 amide bonds. The average molecular weight is 327 g/mol. The number of aryl methyl sites for hydroxylation is 1. The normalized spacial score (nSPS) is 15.4. The van der Waals surface area contributed by atoms with Gasteiger partial charge in [0.2, 0.25) is 5.91 Å². The number of anilines is 2. The minimum Gasteiger partial charge on any atom is -0.319 e.